The van der Waals surface area contributed by atoms with Crippen molar-refractivity contribution < 1.29 is 27.1 Å². The van der Waals surface area contributed by atoms with Crippen LogP contribution < -0.4 is 9.47 Å². The third-order valence-electron chi connectivity index (χ3n) is 5.86. The maximum atomic E-state index is 13.1. The van der Waals surface area contributed by atoms with Gasteiger partial charge in [-0.15, -0.1) is 0 Å². The molecule has 1 fully saturated rings. The van der Waals surface area contributed by atoms with E-state index in [1.54, 1.807) is 24.3 Å². The molecule has 1 saturated heterocycles. The summed E-state index contributed by atoms with van der Waals surface area (Å²) < 4.78 is 48.6. The first kappa shape index (κ1) is 19.3. The van der Waals surface area contributed by atoms with Crippen molar-refractivity contribution in [1.82, 2.24) is 4.90 Å². The van der Waals surface area contributed by atoms with E-state index >= 15 is 0 Å². The summed E-state index contributed by atoms with van der Waals surface area (Å²) in [4.78, 5) is 14.9. The maximum absolute atomic E-state index is 13.1. The van der Waals surface area contributed by atoms with Crippen LogP contribution in [0.15, 0.2) is 36.1 Å². The molecule has 0 spiro atoms. The highest BCUT2D eigenvalue weighted by molar-refractivity contribution is 7.91. The van der Waals surface area contributed by atoms with Crippen LogP contribution in [0.5, 0.6) is 11.5 Å². The maximum Gasteiger partial charge on any atom is 0.231 e. The monoisotopic (exact) mass is 429 g/mol. The summed E-state index contributed by atoms with van der Waals surface area (Å²) in [5.74, 6) is 1.10. The molecule has 0 amide bonds. The zero-order chi connectivity index (χ0) is 21.0. The van der Waals surface area contributed by atoms with E-state index in [1.165, 1.54) is 12.1 Å². The van der Waals surface area contributed by atoms with E-state index < -0.39 is 9.84 Å². The second-order valence-corrected chi connectivity index (χ2v) is 10.2. The van der Waals surface area contributed by atoms with Gasteiger partial charge in [0.25, 0.3) is 0 Å². The number of carbonyl (C=O) groups excluding carboxylic acids is 1. The van der Waals surface area contributed by atoms with Crippen LogP contribution in [0.2, 0.25) is 0 Å². The van der Waals surface area contributed by atoms with Crippen LogP contribution in [0, 0.1) is 12.7 Å². The molecule has 156 valence electrons. The second-order valence-electron chi connectivity index (χ2n) is 7.93. The highest BCUT2D eigenvalue weighted by Crippen LogP contribution is 2.43. The van der Waals surface area contributed by atoms with Crippen molar-refractivity contribution in [3.63, 3.8) is 0 Å². The molecule has 5 rings (SSSR count). The third-order valence-corrected chi connectivity index (χ3v) is 7.61. The lowest BCUT2D eigenvalue weighted by atomic mass is 9.99. The Labute approximate surface area is 173 Å². The standard InChI is InChI=1S/C22H20FNO5S/c1-13-21-15(10-24(12-28-21)17-6-7-30(26,27)11-17)9-18-20(25)19(29-22(13)18)8-14-2-4-16(23)5-3-14/h2-5,8-9,17H,6-7,10-12H2,1H3/b19-8+. The quantitative estimate of drug-likeness (QED) is 0.684. The summed E-state index contributed by atoms with van der Waals surface area (Å²) in [5, 5.41) is 0. The molecular formula is C22H20FNO5S. The molecule has 1 unspecified atom stereocenters. The molecule has 2 aromatic rings. The Bertz CT molecular complexity index is 1190. The molecule has 8 heteroatoms. The number of allylic oxidation sites excluding steroid dienone is 1. The lowest BCUT2D eigenvalue weighted by Crippen LogP contribution is -2.41. The smallest absolute Gasteiger partial charge is 0.231 e. The number of ether oxygens (including phenoxy) is 2. The van der Waals surface area contributed by atoms with E-state index in [0.29, 0.717) is 42.3 Å². The van der Waals surface area contributed by atoms with Gasteiger partial charge in [0.05, 0.1) is 17.1 Å². The summed E-state index contributed by atoms with van der Waals surface area (Å²) in [6.45, 7) is 2.68. The Morgan fingerprint density at radius 2 is 1.97 bits per heavy atom. The highest BCUT2D eigenvalue weighted by atomic mass is 32.2. The van der Waals surface area contributed by atoms with Gasteiger partial charge in [0.15, 0.2) is 15.6 Å². The molecule has 3 aliphatic heterocycles. The van der Waals surface area contributed by atoms with Crippen LogP contribution in [0.1, 0.15) is 33.5 Å². The van der Waals surface area contributed by atoms with Gasteiger partial charge in [-0.05, 0) is 43.2 Å². The molecule has 0 saturated carbocycles. The first-order valence-electron chi connectivity index (χ1n) is 9.74. The third kappa shape index (κ3) is 3.30. The number of fused-ring (bicyclic) bond motifs is 2. The second kappa shape index (κ2) is 6.92. The number of hydrogen-bond acceptors (Lipinski definition) is 6. The number of nitrogens with zero attached hydrogens (tertiary/aromatic N) is 1. The normalized spacial score (nSPS) is 23.7. The number of rotatable bonds is 2. The fraction of sp³-hybridized carbons (Fsp3) is 0.318. The van der Waals surface area contributed by atoms with Gasteiger partial charge < -0.3 is 9.47 Å². The van der Waals surface area contributed by atoms with E-state index in [-0.39, 0.29) is 34.9 Å². The van der Waals surface area contributed by atoms with Gasteiger partial charge in [0, 0.05) is 23.7 Å². The molecule has 2 aromatic carbocycles. The van der Waals surface area contributed by atoms with E-state index in [2.05, 4.69) is 0 Å². The number of ketones is 1. The van der Waals surface area contributed by atoms with Crippen molar-refractivity contribution >= 4 is 21.7 Å². The molecule has 3 heterocycles. The summed E-state index contributed by atoms with van der Waals surface area (Å²) in [6, 6.07) is 7.52. The lowest BCUT2D eigenvalue weighted by Gasteiger charge is -2.33. The zero-order valence-corrected chi connectivity index (χ0v) is 17.2. The van der Waals surface area contributed by atoms with Gasteiger partial charge >= 0.3 is 0 Å². The van der Waals surface area contributed by atoms with E-state index in [0.717, 1.165) is 11.1 Å². The Balaban J connectivity index is 1.44. The van der Waals surface area contributed by atoms with Crippen LogP contribution in [0.3, 0.4) is 0 Å². The zero-order valence-electron chi connectivity index (χ0n) is 16.4. The number of benzene rings is 2. The van der Waals surface area contributed by atoms with Crippen LogP contribution in [0.4, 0.5) is 4.39 Å². The van der Waals surface area contributed by atoms with Gasteiger partial charge in [-0.25, -0.2) is 12.8 Å². The van der Waals surface area contributed by atoms with E-state index in [1.807, 2.05) is 11.8 Å². The topological polar surface area (TPSA) is 72.9 Å². The highest BCUT2D eigenvalue weighted by Gasteiger charge is 2.37. The van der Waals surface area contributed by atoms with E-state index in [4.69, 9.17) is 9.47 Å². The minimum atomic E-state index is -2.99. The molecule has 30 heavy (non-hydrogen) atoms. The molecule has 0 aliphatic carbocycles. The minimum absolute atomic E-state index is 0.0717. The molecule has 0 N–H and O–H groups in total. The molecule has 3 aliphatic rings. The van der Waals surface area contributed by atoms with Gasteiger partial charge in [-0.2, -0.15) is 0 Å². The summed E-state index contributed by atoms with van der Waals surface area (Å²) in [5.41, 5.74) is 2.72. The van der Waals surface area contributed by atoms with Gasteiger partial charge in [0.1, 0.15) is 24.0 Å². The van der Waals surface area contributed by atoms with E-state index in [9.17, 15) is 17.6 Å². The molecule has 0 radical (unpaired) electrons. The Hall–Kier alpha value is -2.71. The fourth-order valence-corrected chi connectivity index (χ4v) is 6.04. The Morgan fingerprint density at radius 1 is 1.20 bits per heavy atom. The summed E-state index contributed by atoms with van der Waals surface area (Å²) in [6.07, 6.45) is 2.19. The van der Waals surface area contributed by atoms with Crippen molar-refractivity contribution in [3.8, 4) is 11.5 Å². The summed E-state index contributed by atoms with van der Waals surface area (Å²) >= 11 is 0. The number of carbonyl (C=O) groups is 1. The van der Waals surface area contributed by atoms with Crippen molar-refractivity contribution in [2.45, 2.75) is 25.9 Å². The number of Topliss-reactive ketones (excluding diaryl/α,β-unsaturated/α-hetero) is 1. The first-order chi connectivity index (χ1) is 14.3. The van der Waals surface area contributed by atoms with Gasteiger partial charge in [-0.1, -0.05) is 12.1 Å². The fourth-order valence-electron chi connectivity index (χ4n) is 4.27. The van der Waals surface area contributed by atoms with Crippen molar-refractivity contribution in [2.24, 2.45) is 0 Å². The van der Waals surface area contributed by atoms with Crippen LogP contribution in [-0.2, 0) is 16.4 Å². The Kier molecular flexibility index (Phi) is 4.44. The minimum Gasteiger partial charge on any atom is -0.477 e. The first-order valence-corrected chi connectivity index (χ1v) is 11.6. The van der Waals surface area contributed by atoms with Crippen LogP contribution in [0.25, 0.3) is 6.08 Å². The molecule has 0 aromatic heterocycles. The largest absolute Gasteiger partial charge is 0.477 e. The molecular weight excluding hydrogens is 409 g/mol. The van der Waals surface area contributed by atoms with Crippen molar-refractivity contribution in [2.75, 3.05) is 18.2 Å². The van der Waals surface area contributed by atoms with Crippen molar-refractivity contribution in [3.05, 3.63) is 64.2 Å². The predicted octanol–water partition coefficient (Wildman–Crippen LogP) is 3.09. The predicted molar refractivity (Wildman–Crippen MR) is 109 cm³/mol. The summed E-state index contributed by atoms with van der Waals surface area (Å²) in [7, 11) is -2.99. The number of halogens is 1. The van der Waals surface area contributed by atoms with Gasteiger partial charge in [-0.3, -0.25) is 9.69 Å². The van der Waals surface area contributed by atoms with Crippen molar-refractivity contribution in [1.29, 1.82) is 0 Å². The SMILES string of the molecule is Cc1c2c(cc3c1O/C(=C/c1ccc(F)cc1)C3=O)CN(C1CCS(=O)(=O)C1)CO2. The molecule has 0 bridgehead atoms. The Morgan fingerprint density at radius 3 is 2.67 bits per heavy atom. The van der Waals surface area contributed by atoms with Gasteiger partial charge in [0.2, 0.25) is 5.78 Å². The number of hydrogen-bond donors (Lipinski definition) is 0. The van der Waals surface area contributed by atoms with Crippen LogP contribution >= 0.6 is 0 Å². The van der Waals surface area contributed by atoms with Crippen LogP contribution in [-0.4, -0.2) is 43.4 Å². The number of sulfone groups is 1. The molecule has 1 atom stereocenters. The molecule has 6 nitrogen and oxygen atoms in total. The lowest BCUT2D eigenvalue weighted by molar-refractivity contribution is 0.0637. The average Bonchev–Trinajstić information content (AvgIpc) is 3.23. The average molecular weight is 429 g/mol.